The SMILES string of the molecule is CC1C23CC=CCC2(CCCC3)CS1(=O)=O. The topological polar surface area (TPSA) is 34.1 Å². The molecule has 3 atom stereocenters. The van der Waals surface area contributed by atoms with Gasteiger partial charge in [0.1, 0.15) is 0 Å². The van der Waals surface area contributed by atoms with E-state index in [1.54, 1.807) is 0 Å². The highest BCUT2D eigenvalue weighted by Gasteiger charge is 2.64. The van der Waals surface area contributed by atoms with Gasteiger partial charge in [0.05, 0.1) is 11.0 Å². The molecule has 0 amide bonds. The number of hydrogen-bond donors (Lipinski definition) is 0. The summed E-state index contributed by atoms with van der Waals surface area (Å²) in [6, 6.07) is 0. The molecule has 90 valence electrons. The van der Waals surface area contributed by atoms with Gasteiger partial charge in [-0.2, -0.15) is 0 Å². The molecule has 3 rings (SSSR count). The normalized spacial score (nSPS) is 49.7. The smallest absolute Gasteiger partial charge is 0.154 e. The average Bonchev–Trinajstić information content (AvgIpc) is 2.45. The Morgan fingerprint density at radius 3 is 2.56 bits per heavy atom. The molecular formula is C13H20O2S. The average molecular weight is 240 g/mol. The summed E-state index contributed by atoms with van der Waals surface area (Å²) in [5.74, 6) is 0.450. The summed E-state index contributed by atoms with van der Waals surface area (Å²) in [6.45, 7) is 1.96. The van der Waals surface area contributed by atoms with Gasteiger partial charge in [0.15, 0.2) is 9.84 Å². The summed E-state index contributed by atoms with van der Waals surface area (Å²) in [5, 5.41) is -0.120. The first-order chi connectivity index (χ1) is 7.53. The Labute approximate surface area is 98.0 Å². The second kappa shape index (κ2) is 3.12. The summed E-state index contributed by atoms with van der Waals surface area (Å²) >= 11 is 0. The van der Waals surface area contributed by atoms with Crippen LogP contribution in [0.1, 0.15) is 45.4 Å². The van der Waals surface area contributed by atoms with Crippen molar-refractivity contribution in [2.24, 2.45) is 10.8 Å². The predicted octanol–water partition coefficient (Wildman–Crippen LogP) is 2.70. The molecule has 0 bridgehead atoms. The van der Waals surface area contributed by atoms with Crippen LogP contribution in [0.4, 0.5) is 0 Å². The molecule has 0 radical (unpaired) electrons. The van der Waals surface area contributed by atoms with Crippen molar-refractivity contribution in [2.45, 2.75) is 50.7 Å². The molecule has 3 heteroatoms. The molecule has 0 aromatic rings. The van der Waals surface area contributed by atoms with E-state index in [9.17, 15) is 8.42 Å². The first kappa shape index (κ1) is 10.8. The molecule has 1 heterocycles. The third-order valence-corrected chi connectivity index (χ3v) is 8.02. The minimum Gasteiger partial charge on any atom is -0.229 e. The van der Waals surface area contributed by atoms with Gasteiger partial charge in [-0.05, 0) is 43.4 Å². The number of sulfone groups is 1. The van der Waals surface area contributed by atoms with Crippen LogP contribution in [0.5, 0.6) is 0 Å². The van der Waals surface area contributed by atoms with Crippen LogP contribution < -0.4 is 0 Å². The van der Waals surface area contributed by atoms with Crippen molar-refractivity contribution < 1.29 is 8.42 Å². The zero-order chi connectivity index (χ0) is 11.4. The van der Waals surface area contributed by atoms with Crippen molar-refractivity contribution in [3.05, 3.63) is 12.2 Å². The fourth-order valence-corrected chi connectivity index (χ4v) is 7.29. The highest BCUT2D eigenvalue weighted by molar-refractivity contribution is 7.92. The molecule has 2 fully saturated rings. The Morgan fingerprint density at radius 1 is 1.12 bits per heavy atom. The molecule has 0 aromatic heterocycles. The first-order valence-electron chi connectivity index (χ1n) is 6.39. The third kappa shape index (κ3) is 1.10. The maximum absolute atomic E-state index is 12.3. The third-order valence-electron chi connectivity index (χ3n) is 5.54. The van der Waals surface area contributed by atoms with Crippen molar-refractivity contribution in [3.8, 4) is 0 Å². The zero-order valence-electron chi connectivity index (χ0n) is 9.91. The monoisotopic (exact) mass is 240 g/mol. The summed E-state index contributed by atoms with van der Waals surface area (Å²) in [7, 11) is -2.85. The highest BCUT2D eigenvalue weighted by atomic mass is 32.2. The molecule has 0 aromatic carbocycles. The second-order valence-electron chi connectivity index (χ2n) is 5.97. The maximum Gasteiger partial charge on any atom is 0.154 e. The van der Waals surface area contributed by atoms with E-state index in [-0.39, 0.29) is 16.1 Å². The van der Waals surface area contributed by atoms with Gasteiger partial charge < -0.3 is 0 Å². The molecule has 16 heavy (non-hydrogen) atoms. The van der Waals surface area contributed by atoms with Crippen LogP contribution in [-0.4, -0.2) is 19.4 Å². The molecular weight excluding hydrogens is 220 g/mol. The summed E-state index contributed by atoms with van der Waals surface area (Å²) in [6.07, 6.45) is 11.1. The Kier molecular flexibility index (Phi) is 2.11. The second-order valence-corrected chi connectivity index (χ2v) is 8.29. The van der Waals surface area contributed by atoms with Gasteiger partial charge in [0, 0.05) is 0 Å². The van der Waals surface area contributed by atoms with Crippen LogP contribution in [-0.2, 0) is 9.84 Å². The van der Waals surface area contributed by atoms with Gasteiger partial charge in [-0.1, -0.05) is 25.0 Å². The number of hydrogen-bond acceptors (Lipinski definition) is 2. The Bertz CT molecular complexity index is 437. The van der Waals surface area contributed by atoms with Crippen LogP contribution >= 0.6 is 0 Å². The van der Waals surface area contributed by atoms with Crippen LogP contribution in [0.3, 0.4) is 0 Å². The predicted molar refractivity (Wildman–Crippen MR) is 65.0 cm³/mol. The van der Waals surface area contributed by atoms with E-state index in [1.165, 1.54) is 12.8 Å². The van der Waals surface area contributed by atoms with Crippen molar-refractivity contribution in [2.75, 3.05) is 5.75 Å². The molecule has 1 aliphatic heterocycles. The summed E-state index contributed by atoms with van der Waals surface area (Å²) in [5.41, 5.74) is 0.178. The van der Waals surface area contributed by atoms with Crippen LogP contribution in [0.15, 0.2) is 12.2 Å². The van der Waals surface area contributed by atoms with Crippen LogP contribution in [0, 0.1) is 10.8 Å². The van der Waals surface area contributed by atoms with E-state index in [0.717, 1.165) is 25.7 Å². The quantitative estimate of drug-likeness (QED) is 0.610. The Balaban J connectivity index is 2.17. The van der Waals surface area contributed by atoms with E-state index in [4.69, 9.17) is 0 Å². The standard InChI is InChI=1S/C13H20O2S/c1-11-13-8-4-2-6-12(13,7-3-5-9-13)10-16(11,14)15/h2,4,11H,3,5-10H2,1H3. The Morgan fingerprint density at radius 2 is 1.81 bits per heavy atom. The molecule has 0 N–H and O–H groups in total. The van der Waals surface area contributed by atoms with Gasteiger partial charge >= 0.3 is 0 Å². The Hall–Kier alpha value is -0.310. The molecule has 1 saturated heterocycles. The molecule has 3 aliphatic rings. The van der Waals surface area contributed by atoms with Crippen molar-refractivity contribution in [1.82, 2.24) is 0 Å². The van der Waals surface area contributed by atoms with Gasteiger partial charge in [-0.25, -0.2) is 8.42 Å². The van der Waals surface area contributed by atoms with Crippen LogP contribution in [0.25, 0.3) is 0 Å². The van der Waals surface area contributed by atoms with E-state index in [1.807, 2.05) is 6.92 Å². The lowest BCUT2D eigenvalue weighted by atomic mass is 9.51. The largest absolute Gasteiger partial charge is 0.229 e. The summed E-state index contributed by atoms with van der Waals surface area (Å²) < 4.78 is 24.5. The molecule has 3 unspecified atom stereocenters. The van der Waals surface area contributed by atoms with Gasteiger partial charge in [0.2, 0.25) is 0 Å². The minimum atomic E-state index is -2.85. The molecule has 2 nitrogen and oxygen atoms in total. The van der Waals surface area contributed by atoms with Crippen molar-refractivity contribution >= 4 is 9.84 Å². The maximum atomic E-state index is 12.3. The lowest BCUT2D eigenvalue weighted by molar-refractivity contribution is 0.0154. The zero-order valence-corrected chi connectivity index (χ0v) is 10.7. The van der Waals surface area contributed by atoms with E-state index in [2.05, 4.69) is 12.2 Å². The molecule has 1 saturated carbocycles. The first-order valence-corrected chi connectivity index (χ1v) is 8.11. The van der Waals surface area contributed by atoms with Crippen molar-refractivity contribution in [1.29, 1.82) is 0 Å². The van der Waals surface area contributed by atoms with Crippen LogP contribution in [0.2, 0.25) is 0 Å². The minimum absolute atomic E-state index is 0.0822. The van der Waals surface area contributed by atoms with E-state index >= 15 is 0 Å². The fourth-order valence-electron chi connectivity index (χ4n) is 4.57. The van der Waals surface area contributed by atoms with E-state index in [0.29, 0.717) is 5.75 Å². The summed E-state index contributed by atoms with van der Waals surface area (Å²) in [4.78, 5) is 0. The van der Waals surface area contributed by atoms with E-state index < -0.39 is 9.84 Å². The lowest BCUT2D eigenvalue weighted by Crippen LogP contribution is -2.47. The van der Waals surface area contributed by atoms with Gasteiger partial charge in [0.25, 0.3) is 0 Å². The molecule has 0 spiro atoms. The van der Waals surface area contributed by atoms with Gasteiger partial charge in [-0.15, -0.1) is 0 Å². The molecule has 2 aliphatic carbocycles. The highest BCUT2D eigenvalue weighted by Crippen LogP contribution is 2.65. The van der Waals surface area contributed by atoms with Crippen molar-refractivity contribution in [3.63, 3.8) is 0 Å². The fraction of sp³-hybridized carbons (Fsp3) is 0.846. The number of allylic oxidation sites excluding steroid dienone is 2. The van der Waals surface area contributed by atoms with Gasteiger partial charge in [-0.3, -0.25) is 0 Å². The lowest BCUT2D eigenvalue weighted by Gasteiger charge is -2.51. The number of rotatable bonds is 0.